The number of halogens is 2. The summed E-state index contributed by atoms with van der Waals surface area (Å²) in [5, 5.41) is 6.78. The second kappa shape index (κ2) is 13.5. The maximum Gasteiger partial charge on any atom is 0.225 e. The summed E-state index contributed by atoms with van der Waals surface area (Å²) in [6.07, 6.45) is 3.79. The first-order chi connectivity index (χ1) is 14.6. The van der Waals surface area contributed by atoms with E-state index >= 15 is 0 Å². The lowest BCUT2D eigenvalue weighted by molar-refractivity contribution is -0.136. The Balaban J connectivity index is 0.00000341. The first kappa shape index (κ1) is 26.2. The first-order valence-electron chi connectivity index (χ1n) is 10.7. The van der Waals surface area contributed by atoms with Gasteiger partial charge in [-0.15, -0.1) is 24.0 Å². The van der Waals surface area contributed by atoms with E-state index in [0.717, 1.165) is 61.8 Å². The highest BCUT2D eigenvalue weighted by Crippen LogP contribution is 2.27. The lowest BCUT2D eigenvalue weighted by Crippen LogP contribution is -2.47. The van der Waals surface area contributed by atoms with Gasteiger partial charge in [0.1, 0.15) is 5.82 Å². The summed E-state index contributed by atoms with van der Waals surface area (Å²) in [5.41, 5.74) is 1.52. The highest BCUT2D eigenvalue weighted by Gasteiger charge is 2.30. The zero-order chi connectivity index (χ0) is 21.3. The number of nitrogens with one attached hydrogen (secondary N) is 2. The second-order valence-corrected chi connectivity index (χ2v) is 9.14. The topological polar surface area (TPSA) is 66.0 Å². The van der Waals surface area contributed by atoms with E-state index < -0.39 is 0 Å². The molecule has 6 nitrogen and oxygen atoms in total. The van der Waals surface area contributed by atoms with Crippen LogP contribution in [0.2, 0.25) is 0 Å². The monoisotopic (exact) mass is 564 g/mol. The number of carbonyl (C=O) groups excluding carboxylic acids is 1. The Morgan fingerprint density at radius 3 is 2.61 bits per heavy atom. The predicted molar refractivity (Wildman–Crippen MR) is 136 cm³/mol. The maximum atomic E-state index is 13.8. The molecule has 1 aromatic carbocycles. The van der Waals surface area contributed by atoms with E-state index in [1.165, 1.54) is 6.07 Å². The average molecular weight is 565 g/mol. The van der Waals surface area contributed by atoms with Crippen LogP contribution in [-0.4, -0.2) is 61.6 Å². The molecule has 2 aliphatic rings. The molecule has 0 spiro atoms. The molecule has 0 radical (unpaired) electrons. The van der Waals surface area contributed by atoms with Gasteiger partial charge in [-0.05, 0) is 43.4 Å². The molecule has 9 heteroatoms. The minimum Gasteiger partial charge on any atom is -0.380 e. The molecule has 3 rings (SSSR count). The number of rotatable bonds is 6. The van der Waals surface area contributed by atoms with Gasteiger partial charge in [-0.3, -0.25) is 9.79 Å². The van der Waals surface area contributed by atoms with E-state index in [2.05, 4.69) is 20.5 Å². The normalized spacial score (nSPS) is 21.9. The molecule has 31 heavy (non-hydrogen) atoms. The van der Waals surface area contributed by atoms with Gasteiger partial charge >= 0.3 is 0 Å². The molecule has 0 aromatic heterocycles. The molecule has 1 aliphatic carbocycles. The van der Waals surface area contributed by atoms with Crippen molar-refractivity contribution < 1.29 is 13.9 Å². The molecular formula is C22H34FIN4O2S. The van der Waals surface area contributed by atoms with Gasteiger partial charge in [-0.2, -0.15) is 11.8 Å². The standard InChI is InChI=1S/C22H33FN4O2S.HI/c1-24-22(25-14-16-3-8-20(23)18(13-16)15-29-2)26-19-6-4-17(5-7-19)21(28)27-9-11-30-12-10-27;/h3,8,13,17,19H,4-7,9-12,14-15H2,1-2H3,(H2,24,25,26);1H. The molecule has 1 saturated heterocycles. The summed E-state index contributed by atoms with van der Waals surface area (Å²) >= 11 is 1.93. The van der Waals surface area contributed by atoms with Gasteiger partial charge in [0.05, 0.1) is 6.61 Å². The molecule has 0 atom stereocenters. The Morgan fingerprint density at radius 1 is 1.26 bits per heavy atom. The lowest BCUT2D eigenvalue weighted by atomic mass is 9.85. The number of amides is 1. The largest absolute Gasteiger partial charge is 0.380 e. The maximum absolute atomic E-state index is 13.8. The van der Waals surface area contributed by atoms with Crippen molar-refractivity contribution in [2.24, 2.45) is 10.9 Å². The minimum atomic E-state index is -0.252. The van der Waals surface area contributed by atoms with Gasteiger partial charge in [-0.25, -0.2) is 4.39 Å². The van der Waals surface area contributed by atoms with Gasteiger partial charge in [-0.1, -0.05) is 6.07 Å². The molecule has 1 aromatic rings. The third-order valence-corrected chi connectivity index (χ3v) is 6.78. The highest BCUT2D eigenvalue weighted by atomic mass is 127. The van der Waals surface area contributed by atoms with Crippen LogP contribution in [0.15, 0.2) is 23.2 Å². The van der Waals surface area contributed by atoms with E-state index in [-0.39, 0.29) is 42.3 Å². The van der Waals surface area contributed by atoms with Gasteiger partial charge < -0.3 is 20.3 Å². The SMILES string of the molecule is CN=C(NCc1ccc(F)c(COC)c1)NC1CCC(C(=O)N2CCSCC2)CC1.I. The third kappa shape index (κ3) is 7.78. The van der Waals surface area contributed by atoms with Crippen LogP contribution in [0.5, 0.6) is 0 Å². The van der Waals surface area contributed by atoms with Crippen molar-refractivity contribution in [1.29, 1.82) is 0 Å². The summed E-state index contributed by atoms with van der Waals surface area (Å²) in [4.78, 5) is 19.1. The number of guanidine groups is 1. The van der Waals surface area contributed by atoms with Crippen LogP contribution in [0.3, 0.4) is 0 Å². The molecule has 1 saturated carbocycles. The average Bonchev–Trinajstić information content (AvgIpc) is 2.79. The number of benzene rings is 1. The van der Waals surface area contributed by atoms with Crippen LogP contribution in [0.4, 0.5) is 4.39 Å². The van der Waals surface area contributed by atoms with Crippen LogP contribution < -0.4 is 10.6 Å². The number of carbonyl (C=O) groups is 1. The lowest BCUT2D eigenvalue weighted by Gasteiger charge is -2.34. The molecule has 0 bridgehead atoms. The van der Waals surface area contributed by atoms with Crippen LogP contribution >= 0.6 is 35.7 Å². The number of ether oxygens (including phenoxy) is 1. The fourth-order valence-electron chi connectivity index (χ4n) is 4.10. The van der Waals surface area contributed by atoms with E-state index in [0.29, 0.717) is 24.1 Å². The molecule has 2 fully saturated rings. The van der Waals surface area contributed by atoms with E-state index in [9.17, 15) is 9.18 Å². The molecule has 1 amide bonds. The predicted octanol–water partition coefficient (Wildman–Crippen LogP) is 3.39. The zero-order valence-corrected chi connectivity index (χ0v) is 21.5. The molecule has 174 valence electrons. The number of hydrogen-bond acceptors (Lipinski definition) is 4. The van der Waals surface area contributed by atoms with E-state index in [1.807, 2.05) is 17.8 Å². The first-order valence-corrected chi connectivity index (χ1v) is 11.9. The Hall–Kier alpha value is -1.07. The Labute approximate surface area is 206 Å². The summed E-state index contributed by atoms with van der Waals surface area (Å²) in [6, 6.07) is 5.37. The smallest absolute Gasteiger partial charge is 0.225 e. The van der Waals surface area contributed by atoms with Crippen molar-refractivity contribution in [2.75, 3.05) is 38.8 Å². The van der Waals surface area contributed by atoms with E-state index in [1.54, 1.807) is 20.2 Å². The molecule has 1 aliphatic heterocycles. The molecule has 1 heterocycles. The fourth-order valence-corrected chi connectivity index (χ4v) is 5.01. The Bertz CT molecular complexity index is 738. The van der Waals surface area contributed by atoms with Crippen molar-refractivity contribution in [3.05, 3.63) is 35.1 Å². The summed E-state index contributed by atoms with van der Waals surface area (Å²) in [5.74, 6) is 3.12. The number of nitrogens with zero attached hydrogens (tertiary/aromatic N) is 2. The number of thioether (sulfide) groups is 1. The summed E-state index contributed by atoms with van der Waals surface area (Å²) in [6.45, 7) is 2.60. The highest BCUT2D eigenvalue weighted by molar-refractivity contribution is 14.0. The zero-order valence-electron chi connectivity index (χ0n) is 18.4. The fraction of sp³-hybridized carbons (Fsp3) is 0.636. The molecular weight excluding hydrogens is 530 g/mol. The van der Waals surface area contributed by atoms with Crippen LogP contribution in [0.1, 0.15) is 36.8 Å². The van der Waals surface area contributed by atoms with Crippen molar-refractivity contribution >= 4 is 47.6 Å². The Morgan fingerprint density at radius 2 is 1.97 bits per heavy atom. The van der Waals surface area contributed by atoms with Gasteiger partial charge in [0, 0.05) is 62.8 Å². The number of hydrogen-bond donors (Lipinski definition) is 2. The minimum absolute atomic E-state index is 0. The third-order valence-electron chi connectivity index (χ3n) is 5.83. The molecule has 0 unspecified atom stereocenters. The van der Waals surface area contributed by atoms with Crippen LogP contribution in [0.25, 0.3) is 0 Å². The van der Waals surface area contributed by atoms with Gasteiger partial charge in [0.15, 0.2) is 5.96 Å². The second-order valence-electron chi connectivity index (χ2n) is 7.92. The van der Waals surface area contributed by atoms with Crippen molar-refractivity contribution in [2.45, 2.75) is 44.9 Å². The summed E-state index contributed by atoms with van der Waals surface area (Å²) in [7, 11) is 3.31. The quantitative estimate of drug-likeness (QED) is 0.315. The van der Waals surface area contributed by atoms with Crippen molar-refractivity contribution in [3.8, 4) is 0 Å². The van der Waals surface area contributed by atoms with Crippen molar-refractivity contribution in [3.63, 3.8) is 0 Å². The van der Waals surface area contributed by atoms with Gasteiger partial charge in [0.2, 0.25) is 5.91 Å². The number of methoxy groups -OCH3 is 1. The van der Waals surface area contributed by atoms with Crippen LogP contribution in [-0.2, 0) is 22.7 Å². The number of aliphatic imine (C=N–C) groups is 1. The van der Waals surface area contributed by atoms with Crippen LogP contribution in [0, 0.1) is 11.7 Å². The van der Waals surface area contributed by atoms with Crippen molar-refractivity contribution in [1.82, 2.24) is 15.5 Å². The summed E-state index contributed by atoms with van der Waals surface area (Å²) < 4.78 is 18.8. The van der Waals surface area contributed by atoms with Gasteiger partial charge in [0.25, 0.3) is 0 Å². The molecule has 2 N–H and O–H groups in total. The Kier molecular flexibility index (Phi) is 11.4. The van der Waals surface area contributed by atoms with E-state index in [4.69, 9.17) is 4.74 Å².